The van der Waals surface area contributed by atoms with Crippen LogP contribution in [0.5, 0.6) is 0 Å². The van der Waals surface area contributed by atoms with Gasteiger partial charge in [0.1, 0.15) is 5.69 Å². The number of anilines is 2. The van der Waals surface area contributed by atoms with Crippen molar-refractivity contribution in [1.82, 2.24) is 9.88 Å². The second-order valence-corrected chi connectivity index (χ2v) is 5.48. The molecule has 0 saturated heterocycles. The van der Waals surface area contributed by atoms with Crippen molar-refractivity contribution in [3.05, 3.63) is 46.7 Å². The lowest BCUT2D eigenvalue weighted by molar-refractivity contribution is 0.101. The molecule has 0 aliphatic heterocycles. The summed E-state index contributed by atoms with van der Waals surface area (Å²) in [5, 5.41) is 7.95. The molecule has 3 N–H and O–H groups in total. The van der Waals surface area contributed by atoms with Crippen molar-refractivity contribution in [3.8, 4) is 0 Å². The van der Waals surface area contributed by atoms with Crippen molar-refractivity contribution in [2.45, 2.75) is 13.5 Å². The highest BCUT2D eigenvalue weighted by atomic mass is 79.9. The van der Waals surface area contributed by atoms with E-state index in [-0.39, 0.29) is 11.9 Å². The Hall–Kier alpha value is -2.28. The van der Waals surface area contributed by atoms with E-state index < -0.39 is 0 Å². The molecular weight excluding hydrogens is 348 g/mol. The first-order valence-corrected chi connectivity index (χ1v) is 7.58. The number of hydrogen-bond acceptors (Lipinski definition) is 2. The standard InChI is InChI=1S/C15H17BrN4O2/c1-3-20-9-10(16)8-13(20)14(21)18-11-4-6-12(7-5-11)19-15(22)17-2/h4-9H,3H2,1-2H3,(H,18,21)(H2,17,19,22). The summed E-state index contributed by atoms with van der Waals surface area (Å²) in [6.07, 6.45) is 1.87. The lowest BCUT2D eigenvalue weighted by Gasteiger charge is -2.09. The van der Waals surface area contributed by atoms with Crippen LogP contribution in [0, 0.1) is 0 Å². The smallest absolute Gasteiger partial charge is 0.318 e. The quantitative estimate of drug-likeness (QED) is 0.778. The number of carbonyl (C=O) groups is 2. The van der Waals surface area contributed by atoms with Crippen molar-refractivity contribution >= 4 is 39.2 Å². The zero-order chi connectivity index (χ0) is 16.1. The lowest BCUT2D eigenvalue weighted by Crippen LogP contribution is -2.24. The van der Waals surface area contributed by atoms with E-state index >= 15 is 0 Å². The Bertz CT molecular complexity index is 679. The summed E-state index contributed by atoms with van der Waals surface area (Å²) in [7, 11) is 1.55. The maximum absolute atomic E-state index is 12.3. The highest BCUT2D eigenvalue weighted by molar-refractivity contribution is 9.10. The van der Waals surface area contributed by atoms with Gasteiger partial charge in [0.25, 0.3) is 5.91 Å². The number of amides is 3. The van der Waals surface area contributed by atoms with E-state index in [0.717, 1.165) is 4.47 Å². The van der Waals surface area contributed by atoms with E-state index in [1.165, 1.54) is 0 Å². The molecule has 7 heteroatoms. The Morgan fingerprint density at radius 3 is 2.27 bits per heavy atom. The summed E-state index contributed by atoms with van der Waals surface area (Å²) < 4.78 is 2.73. The van der Waals surface area contributed by atoms with E-state index in [4.69, 9.17) is 0 Å². The maximum Gasteiger partial charge on any atom is 0.318 e. The summed E-state index contributed by atoms with van der Waals surface area (Å²) in [4.78, 5) is 23.5. The Morgan fingerprint density at radius 1 is 1.14 bits per heavy atom. The highest BCUT2D eigenvalue weighted by Crippen LogP contribution is 2.18. The minimum atomic E-state index is -0.289. The third-order valence-electron chi connectivity index (χ3n) is 3.06. The maximum atomic E-state index is 12.3. The fraction of sp³-hybridized carbons (Fsp3) is 0.200. The van der Waals surface area contributed by atoms with Crippen molar-refractivity contribution in [2.24, 2.45) is 0 Å². The third kappa shape index (κ3) is 3.88. The highest BCUT2D eigenvalue weighted by Gasteiger charge is 2.12. The molecule has 0 saturated carbocycles. The summed E-state index contributed by atoms with van der Waals surface area (Å²) in [6.45, 7) is 2.69. The molecule has 0 atom stereocenters. The number of benzene rings is 1. The van der Waals surface area contributed by atoms with Gasteiger partial charge >= 0.3 is 6.03 Å². The van der Waals surface area contributed by atoms with Crippen molar-refractivity contribution in [1.29, 1.82) is 0 Å². The molecule has 0 unspecified atom stereocenters. The molecule has 1 aromatic heterocycles. The molecule has 0 fully saturated rings. The first kappa shape index (κ1) is 16.1. The predicted octanol–water partition coefficient (Wildman–Crippen LogP) is 3.27. The zero-order valence-corrected chi connectivity index (χ0v) is 13.9. The largest absolute Gasteiger partial charge is 0.343 e. The average molecular weight is 365 g/mol. The van der Waals surface area contributed by atoms with Gasteiger partial charge in [-0.05, 0) is 53.2 Å². The lowest BCUT2D eigenvalue weighted by atomic mass is 10.2. The summed E-state index contributed by atoms with van der Waals surface area (Å²) >= 11 is 3.37. The minimum absolute atomic E-state index is 0.181. The van der Waals surface area contributed by atoms with Gasteiger partial charge in [-0.1, -0.05) is 0 Å². The Balaban J connectivity index is 2.07. The average Bonchev–Trinajstić information content (AvgIpc) is 2.90. The van der Waals surface area contributed by atoms with Gasteiger partial charge < -0.3 is 20.5 Å². The molecule has 1 heterocycles. The van der Waals surface area contributed by atoms with Gasteiger partial charge in [0.2, 0.25) is 0 Å². The Kier molecular flexibility index (Phi) is 5.21. The normalized spacial score (nSPS) is 10.1. The van der Waals surface area contributed by atoms with Crippen LogP contribution < -0.4 is 16.0 Å². The van der Waals surface area contributed by atoms with E-state index in [1.807, 2.05) is 17.7 Å². The number of halogens is 1. The number of nitrogens with zero attached hydrogens (tertiary/aromatic N) is 1. The summed E-state index contributed by atoms with van der Waals surface area (Å²) in [5.41, 5.74) is 1.89. The number of urea groups is 1. The molecule has 6 nitrogen and oxygen atoms in total. The molecule has 0 bridgehead atoms. The van der Waals surface area contributed by atoms with Gasteiger partial charge in [-0.25, -0.2) is 4.79 Å². The molecular formula is C15H17BrN4O2. The minimum Gasteiger partial charge on any atom is -0.343 e. The van der Waals surface area contributed by atoms with Gasteiger partial charge in [-0.3, -0.25) is 4.79 Å². The first-order valence-electron chi connectivity index (χ1n) is 6.79. The SMILES string of the molecule is CCn1cc(Br)cc1C(=O)Nc1ccc(NC(=O)NC)cc1. The van der Waals surface area contributed by atoms with E-state index in [0.29, 0.717) is 23.6 Å². The molecule has 22 heavy (non-hydrogen) atoms. The van der Waals surface area contributed by atoms with Crippen LogP contribution in [-0.2, 0) is 6.54 Å². The van der Waals surface area contributed by atoms with Crippen LogP contribution in [-0.4, -0.2) is 23.6 Å². The van der Waals surface area contributed by atoms with Crippen LogP contribution in [0.2, 0.25) is 0 Å². The molecule has 0 spiro atoms. The Labute approximate surface area is 137 Å². The number of aryl methyl sites for hydroxylation is 1. The zero-order valence-electron chi connectivity index (χ0n) is 12.3. The van der Waals surface area contributed by atoms with Crippen LogP contribution in [0.3, 0.4) is 0 Å². The molecule has 3 amide bonds. The molecule has 2 rings (SSSR count). The van der Waals surface area contributed by atoms with Gasteiger partial charge in [0.05, 0.1) is 0 Å². The van der Waals surface area contributed by atoms with Crippen LogP contribution in [0.15, 0.2) is 41.0 Å². The number of nitrogens with one attached hydrogen (secondary N) is 3. The summed E-state index contributed by atoms with van der Waals surface area (Å²) in [6, 6.07) is 8.40. The molecule has 0 aliphatic rings. The number of carbonyl (C=O) groups excluding carboxylic acids is 2. The van der Waals surface area contributed by atoms with Crippen molar-refractivity contribution in [2.75, 3.05) is 17.7 Å². The molecule has 116 valence electrons. The van der Waals surface area contributed by atoms with Crippen LogP contribution in [0.4, 0.5) is 16.2 Å². The van der Waals surface area contributed by atoms with Gasteiger partial charge in [-0.2, -0.15) is 0 Å². The third-order valence-corrected chi connectivity index (χ3v) is 3.50. The second-order valence-electron chi connectivity index (χ2n) is 4.57. The second kappa shape index (κ2) is 7.13. The fourth-order valence-corrected chi connectivity index (χ4v) is 2.42. The van der Waals surface area contributed by atoms with Crippen LogP contribution in [0.1, 0.15) is 17.4 Å². The van der Waals surface area contributed by atoms with Crippen LogP contribution in [0.25, 0.3) is 0 Å². The number of hydrogen-bond donors (Lipinski definition) is 3. The number of aromatic nitrogens is 1. The van der Waals surface area contributed by atoms with Crippen LogP contribution >= 0.6 is 15.9 Å². The van der Waals surface area contributed by atoms with Gasteiger partial charge in [0.15, 0.2) is 0 Å². The van der Waals surface area contributed by atoms with Gasteiger partial charge in [-0.15, -0.1) is 0 Å². The molecule has 0 aliphatic carbocycles. The topological polar surface area (TPSA) is 75.2 Å². The monoisotopic (exact) mass is 364 g/mol. The number of rotatable bonds is 4. The van der Waals surface area contributed by atoms with Crippen molar-refractivity contribution < 1.29 is 9.59 Å². The van der Waals surface area contributed by atoms with E-state index in [2.05, 4.69) is 31.9 Å². The molecule has 0 radical (unpaired) electrons. The molecule has 1 aromatic carbocycles. The van der Waals surface area contributed by atoms with E-state index in [1.54, 1.807) is 37.4 Å². The first-order chi connectivity index (χ1) is 10.5. The summed E-state index contributed by atoms with van der Waals surface area (Å²) in [5.74, 6) is -0.181. The van der Waals surface area contributed by atoms with Crippen molar-refractivity contribution in [3.63, 3.8) is 0 Å². The van der Waals surface area contributed by atoms with E-state index in [9.17, 15) is 9.59 Å². The predicted molar refractivity (Wildman–Crippen MR) is 90.3 cm³/mol. The fourth-order valence-electron chi connectivity index (χ4n) is 1.95. The molecule has 2 aromatic rings. The Morgan fingerprint density at radius 2 is 1.73 bits per heavy atom. The van der Waals surface area contributed by atoms with Gasteiger partial charge in [0, 0.05) is 35.6 Å².